The van der Waals surface area contributed by atoms with Crippen LogP contribution >= 0.6 is 0 Å². The minimum absolute atomic E-state index is 0. The minimum Gasteiger partial charge on any atom is -0.846 e. The van der Waals surface area contributed by atoms with Gasteiger partial charge in [-0.1, -0.05) is 57.2 Å². The Balaban J connectivity index is 0.00000242. The second kappa shape index (κ2) is 9.26. The number of rotatable bonds is 2. The quantitative estimate of drug-likeness (QED) is 0.440. The third-order valence-electron chi connectivity index (χ3n) is 3.25. The minimum atomic E-state index is -0.297. The van der Waals surface area contributed by atoms with Crippen LogP contribution in [0.25, 0.3) is 0 Å². The van der Waals surface area contributed by atoms with Crippen molar-refractivity contribution in [3.8, 4) is 0 Å². The third kappa shape index (κ3) is 5.80. The number of aliphatic imine (C=N–C) groups is 1. The molecule has 0 N–H and O–H groups in total. The van der Waals surface area contributed by atoms with Gasteiger partial charge in [0.15, 0.2) is 0 Å². The van der Waals surface area contributed by atoms with Crippen LogP contribution in [0.5, 0.6) is 0 Å². The number of hydrogen-bond acceptors (Lipinski definition) is 2. The van der Waals surface area contributed by atoms with Gasteiger partial charge in [0, 0.05) is 32.0 Å². The molecular formula is C18H20Li2N2O. The Labute approximate surface area is 163 Å². The summed E-state index contributed by atoms with van der Waals surface area (Å²) < 4.78 is 0. The molecular weight excluding hydrogens is 274 g/mol. The van der Waals surface area contributed by atoms with Crippen LogP contribution in [0.2, 0.25) is 0 Å². The van der Waals surface area contributed by atoms with Crippen LogP contribution in [0.4, 0.5) is 11.4 Å². The monoisotopic (exact) mass is 294 g/mol. The molecule has 0 amide bonds. The molecule has 0 saturated carbocycles. The largest absolute Gasteiger partial charge is 1.00 e. The molecule has 0 aliphatic carbocycles. The summed E-state index contributed by atoms with van der Waals surface area (Å²) in [5.41, 5.74) is 2.44. The molecule has 5 heteroatoms. The van der Waals surface area contributed by atoms with Gasteiger partial charge in [-0.15, -0.1) is 0 Å². The van der Waals surface area contributed by atoms with Gasteiger partial charge in [-0.3, -0.25) is 0 Å². The molecule has 2 radical (unpaired) electrons. The van der Waals surface area contributed by atoms with Crippen molar-refractivity contribution in [2.24, 2.45) is 4.99 Å². The van der Waals surface area contributed by atoms with E-state index in [0.29, 0.717) is 5.69 Å². The standard InChI is InChI=1S/C18H21N2O.2Li/c1-18(2,3)15-12-8-9-13-16(15)20(4)17(21)19-14-10-6-5-7-11-14;;/h5-12H,1-4H3,(H,19,21);;/q;;+1/p-1. The van der Waals surface area contributed by atoms with E-state index in [2.05, 4.69) is 31.8 Å². The van der Waals surface area contributed by atoms with E-state index >= 15 is 0 Å². The first-order valence-corrected chi connectivity index (χ1v) is 6.95. The second-order valence-electron chi connectivity index (χ2n) is 5.97. The van der Waals surface area contributed by atoms with Crippen LogP contribution in [0.15, 0.2) is 53.5 Å². The molecule has 2 aromatic rings. The van der Waals surface area contributed by atoms with Gasteiger partial charge in [0.25, 0.3) is 0 Å². The third-order valence-corrected chi connectivity index (χ3v) is 3.25. The number of nitrogens with zero attached hydrogens (tertiary/aromatic N) is 2. The zero-order valence-corrected chi connectivity index (χ0v) is 14.9. The predicted molar refractivity (Wildman–Crippen MR) is 91.7 cm³/mol. The molecule has 2 rings (SSSR count). The molecule has 110 valence electrons. The van der Waals surface area contributed by atoms with E-state index in [9.17, 15) is 5.11 Å². The van der Waals surface area contributed by atoms with Gasteiger partial charge in [-0.25, -0.2) is 4.99 Å². The van der Waals surface area contributed by atoms with Crippen molar-refractivity contribution in [3.63, 3.8) is 0 Å². The summed E-state index contributed by atoms with van der Waals surface area (Å²) in [5, 5.41) is 12.3. The van der Waals surface area contributed by atoms with Crippen LogP contribution in [0.3, 0.4) is 0 Å². The zero-order chi connectivity index (χ0) is 15.5. The summed E-state index contributed by atoms with van der Waals surface area (Å²) in [6.07, 6.45) is 0. The summed E-state index contributed by atoms with van der Waals surface area (Å²) in [6, 6.07) is 17.9. The molecule has 2 aromatic carbocycles. The van der Waals surface area contributed by atoms with E-state index in [4.69, 9.17) is 0 Å². The van der Waals surface area contributed by atoms with Crippen molar-refractivity contribution < 1.29 is 24.0 Å². The zero-order valence-electron chi connectivity index (χ0n) is 14.9. The molecule has 3 nitrogen and oxygen atoms in total. The van der Waals surface area contributed by atoms with Crippen molar-refractivity contribution in [1.29, 1.82) is 0 Å². The molecule has 0 saturated heterocycles. The van der Waals surface area contributed by atoms with Gasteiger partial charge >= 0.3 is 18.9 Å². The number of amidine groups is 1. The molecule has 0 unspecified atom stereocenters. The molecule has 0 fully saturated rings. The van der Waals surface area contributed by atoms with Gasteiger partial charge in [0.05, 0.1) is 17.4 Å². The Kier molecular flexibility index (Phi) is 8.82. The van der Waals surface area contributed by atoms with Crippen molar-refractivity contribution in [3.05, 3.63) is 60.2 Å². The smallest absolute Gasteiger partial charge is 0.846 e. The molecule has 0 aromatic heterocycles. The molecule has 0 heterocycles. The molecule has 0 bridgehead atoms. The molecule has 0 aliphatic heterocycles. The van der Waals surface area contributed by atoms with Crippen LogP contribution in [-0.2, 0) is 5.41 Å². The average Bonchev–Trinajstić information content (AvgIpc) is 2.46. The Morgan fingerprint density at radius 3 is 2.26 bits per heavy atom. The van der Waals surface area contributed by atoms with Crippen LogP contribution < -0.4 is 28.9 Å². The molecule has 0 atom stereocenters. The number of anilines is 1. The maximum atomic E-state index is 12.3. The first-order chi connectivity index (χ1) is 9.89. The molecule has 0 aliphatic rings. The van der Waals surface area contributed by atoms with Gasteiger partial charge < -0.3 is 10.0 Å². The molecule has 0 spiro atoms. The number of hydrogen-bond donors (Lipinski definition) is 0. The fraction of sp³-hybridized carbons (Fsp3) is 0.278. The first-order valence-electron chi connectivity index (χ1n) is 6.95. The van der Waals surface area contributed by atoms with E-state index in [0.717, 1.165) is 11.3 Å². The Bertz CT molecular complexity index is 637. The average molecular weight is 294 g/mol. The van der Waals surface area contributed by atoms with Gasteiger partial charge in [0.1, 0.15) is 0 Å². The predicted octanol–water partition coefficient (Wildman–Crippen LogP) is -0.108. The second-order valence-corrected chi connectivity index (χ2v) is 5.97. The van der Waals surface area contributed by atoms with Crippen molar-refractivity contribution in [1.82, 2.24) is 0 Å². The summed E-state index contributed by atoms with van der Waals surface area (Å²) in [6.45, 7) is 6.35. The van der Waals surface area contributed by atoms with E-state index in [1.165, 1.54) is 0 Å². The summed E-state index contributed by atoms with van der Waals surface area (Å²) >= 11 is 0. The first kappa shape index (κ1) is 21.9. The van der Waals surface area contributed by atoms with Gasteiger partial charge in [0.2, 0.25) is 0 Å². The van der Waals surface area contributed by atoms with Crippen molar-refractivity contribution in [2.45, 2.75) is 26.2 Å². The number of para-hydroxylation sites is 2. The van der Waals surface area contributed by atoms with Crippen molar-refractivity contribution >= 4 is 36.3 Å². The Morgan fingerprint density at radius 1 is 1.09 bits per heavy atom. The SMILES string of the molecule is CN(C([O-])=Nc1ccccc1)c1[c]cccc1C(C)(C)C.[Li+].[Li]. The molecule has 23 heavy (non-hydrogen) atoms. The van der Waals surface area contributed by atoms with Crippen LogP contribution in [-0.4, -0.2) is 31.9 Å². The van der Waals surface area contributed by atoms with Crippen LogP contribution in [0.1, 0.15) is 26.3 Å². The maximum absolute atomic E-state index is 12.3. The van der Waals surface area contributed by atoms with Crippen LogP contribution in [0, 0.1) is 6.07 Å². The topological polar surface area (TPSA) is 38.7 Å². The van der Waals surface area contributed by atoms with Gasteiger partial charge in [-0.05, 0) is 23.1 Å². The van der Waals surface area contributed by atoms with E-state index in [1.807, 2.05) is 48.5 Å². The normalized spacial score (nSPS) is 11.2. The Morgan fingerprint density at radius 2 is 1.70 bits per heavy atom. The fourth-order valence-corrected chi connectivity index (χ4v) is 2.09. The van der Waals surface area contributed by atoms with E-state index in [-0.39, 0.29) is 49.2 Å². The summed E-state index contributed by atoms with van der Waals surface area (Å²) in [7, 11) is 1.73. The van der Waals surface area contributed by atoms with Gasteiger partial charge in [-0.2, -0.15) is 0 Å². The fourth-order valence-electron chi connectivity index (χ4n) is 2.09. The summed E-state index contributed by atoms with van der Waals surface area (Å²) in [5.74, 6) is 0. The Hall–Kier alpha value is -1.10. The van der Waals surface area contributed by atoms with E-state index < -0.39 is 0 Å². The van der Waals surface area contributed by atoms with Crippen molar-refractivity contribution in [2.75, 3.05) is 11.9 Å². The number of benzene rings is 2. The van der Waals surface area contributed by atoms with E-state index in [1.54, 1.807) is 11.9 Å². The maximum Gasteiger partial charge on any atom is 1.00 e. The summed E-state index contributed by atoms with van der Waals surface area (Å²) in [4.78, 5) is 5.67.